The molecule has 4 N–H and O–H groups in total. The van der Waals surface area contributed by atoms with Crippen LogP contribution in [0.4, 0.5) is 4.79 Å². The number of allylic oxidation sites excluding steroid dienone is 1. The average molecular weight is 642 g/mol. The molecule has 0 aromatic carbocycles. The van der Waals surface area contributed by atoms with E-state index in [2.05, 4.69) is 47.4 Å². The number of azide groups is 1. The van der Waals surface area contributed by atoms with Crippen LogP contribution in [-0.2, 0) is 14.3 Å². The molecule has 11 nitrogen and oxygen atoms in total. The molecule has 0 saturated heterocycles. The Morgan fingerprint density at radius 3 is 2.61 bits per heavy atom. The summed E-state index contributed by atoms with van der Waals surface area (Å²) in [5.41, 5.74) is 8.69. The molecule has 11 heteroatoms. The summed E-state index contributed by atoms with van der Waals surface area (Å²) in [6.45, 7) is 7.87. The van der Waals surface area contributed by atoms with Gasteiger partial charge in [0.25, 0.3) is 0 Å². The summed E-state index contributed by atoms with van der Waals surface area (Å²) >= 11 is 0. The fourth-order valence-electron chi connectivity index (χ4n) is 10.0. The number of hydrogen-bond acceptors (Lipinski definition) is 7. The van der Waals surface area contributed by atoms with Gasteiger partial charge in [-0.1, -0.05) is 32.0 Å². The van der Waals surface area contributed by atoms with Crippen molar-refractivity contribution in [2.45, 2.75) is 110 Å². The highest BCUT2D eigenvalue weighted by atomic mass is 16.6. The monoisotopic (exact) mass is 641 g/mol. The van der Waals surface area contributed by atoms with Crippen molar-refractivity contribution in [3.8, 4) is 12.3 Å². The highest BCUT2D eigenvalue weighted by Crippen LogP contribution is 2.68. The molecule has 46 heavy (non-hydrogen) atoms. The summed E-state index contributed by atoms with van der Waals surface area (Å²) in [7, 11) is 0. The van der Waals surface area contributed by atoms with Crippen LogP contribution in [0.5, 0.6) is 0 Å². The van der Waals surface area contributed by atoms with Crippen LogP contribution < -0.4 is 10.6 Å². The minimum atomic E-state index is -0.767. The zero-order chi connectivity index (χ0) is 33.3. The van der Waals surface area contributed by atoms with Crippen molar-refractivity contribution in [2.75, 3.05) is 26.4 Å². The number of aliphatic hydroxyl groups is 2. The predicted octanol–water partition coefficient (Wildman–Crippen LogP) is 5.47. The van der Waals surface area contributed by atoms with Gasteiger partial charge in [-0.15, -0.1) is 12.3 Å². The Morgan fingerprint density at radius 2 is 1.85 bits per heavy atom. The topological polar surface area (TPSA) is 166 Å². The van der Waals surface area contributed by atoms with Crippen LogP contribution >= 0.6 is 0 Å². The second kappa shape index (κ2) is 16.4. The van der Waals surface area contributed by atoms with Gasteiger partial charge in [0.2, 0.25) is 5.91 Å². The number of nitrogens with one attached hydrogen (secondary N) is 2. The van der Waals surface area contributed by atoms with Gasteiger partial charge in [0.05, 0.1) is 25.4 Å². The minimum absolute atomic E-state index is 0.00434. The van der Waals surface area contributed by atoms with E-state index in [1.807, 2.05) is 6.08 Å². The number of aliphatic hydroxyl groups excluding tert-OH is 2. The lowest BCUT2D eigenvalue weighted by Gasteiger charge is -2.62. The molecule has 4 fully saturated rings. The fraction of sp³-hybridized carbons (Fsp3) is 0.829. The van der Waals surface area contributed by atoms with Crippen molar-refractivity contribution in [1.82, 2.24) is 10.6 Å². The van der Waals surface area contributed by atoms with Crippen LogP contribution in [-0.4, -0.2) is 67.0 Å². The van der Waals surface area contributed by atoms with Gasteiger partial charge in [0, 0.05) is 17.9 Å². The summed E-state index contributed by atoms with van der Waals surface area (Å²) in [6.07, 6.45) is 17.1. The number of nitrogens with zero attached hydrogens (tertiary/aromatic N) is 3. The Bertz CT molecular complexity index is 1170. The highest BCUT2D eigenvalue weighted by Gasteiger charge is 2.62. The molecule has 11 atom stereocenters. The summed E-state index contributed by atoms with van der Waals surface area (Å²) in [4.78, 5) is 27.3. The second-order valence-corrected chi connectivity index (χ2v) is 14.7. The first-order valence-corrected chi connectivity index (χ1v) is 17.3. The molecule has 4 rings (SSSR count). The van der Waals surface area contributed by atoms with Crippen molar-refractivity contribution >= 4 is 12.0 Å². The van der Waals surface area contributed by atoms with E-state index in [1.165, 1.54) is 31.8 Å². The molecule has 2 amide bonds. The number of ether oxygens (including phenoxy) is 2. The zero-order valence-corrected chi connectivity index (χ0v) is 27.9. The van der Waals surface area contributed by atoms with Crippen LogP contribution in [0.3, 0.4) is 0 Å². The second-order valence-electron chi connectivity index (χ2n) is 14.7. The van der Waals surface area contributed by atoms with Crippen LogP contribution in [0.25, 0.3) is 10.4 Å². The zero-order valence-electron chi connectivity index (χ0n) is 27.9. The van der Waals surface area contributed by atoms with E-state index < -0.39 is 12.3 Å². The molecular formula is C35H55N5O6. The third-order valence-corrected chi connectivity index (χ3v) is 12.3. The first-order chi connectivity index (χ1) is 22.0. The van der Waals surface area contributed by atoms with Gasteiger partial charge in [-0.05, 0) is 122 Å². The number of amides is 2. The van der Waals surface area contributed by atoms with Crippen molar-refractivity contribution in [1.29, 1.82) is 0 Å². The van der Waals surface area contributed by atoms with E-state index in [0.717, 1.165) is 38.5 Å². The largest absolute Gasteiger partial charge is 0.447 e. The lowest BCUT2D eigenvalue weighted by Crippen LogP contribution is -2.58. The Hall–Kier alpha value is -2.77. The Labute approximate surface area is 274 Å². The fourth-order valence-corrected chi connectivity index (χ4v) is 10.0. The Kier molecular flexibility index (Phi) is 12.8. The SMILES string of the molecule is C#CCC(NC(=O)/C=C/CCC(C)C1CCC2C3C(O)CC4CC(O)CCC4(C)C3CCC12C)NC(=O)OCCOCCN=[N+]=[N-]. The molecule has 4 aliphatic rings. The number of terminal acetylenes is 1. The molecule has 0 aromatic heterocycles. The molecule has 0 aromatic rings. The lowest BCUT2D eigenvalue weighted by atomic mass is 9.43. The summed E-state index contributed by atoms with van der Waals surface area (Å²) in [5.74, 6) is 5.09. The molecule has 4 saturated carbocycles. The van der Waals surface area contributed by atoms with Crippen molar-refractivity contribution in [3.05, 3.63) is 22.6 Å². The molecule has 0 spiro atoms. The van der Waals surface area contributed by atoms with Crippen molar-refractivity contribution < 1.29 is 29.3 Å². The lowest BCUT2D eigenvalue weighted by molar-refractivity contribution is -0.174. The van der Waals surface area contributed by atoms with E-state index in [0.29, 0.717) is 35.5 Å². The molecule has 0 bridgehead atoms. The molecule has 11 unspecified atom stereocenters. The number of hydrogen-bond donors (Lipinski definition) is 4. The quantitative estimate of drug-likeness (QED) is 0.0373. The van der Waals surface area contributed by atoms with E-state index >= 15 is 0 Å². The maximum Gasteiger partial charge on any atom is 0.408 e. The molecule has 4 aliphatic carbocycles. The Morgan fingerprint density at radius 1 is 1.09 bits per heavy atom. The van der Waals surface area contributed by atoms with Crippen molar-refractivity contribution in [3.63, 3.8) is 0 Å². The van der Waals surface area contributed by atoms with Crippen LogP contribution in [0, 0.1) is 58.7 Å². The van der Waals surface area contributed by atoms with Gasteiger partial charge in [0.15, 0.2) is 0 Å². The normalized spacial score (nSPS) is 36.2. The highest BCUT2D eigenvalue weighted by molar-refractivity contribution is 5.88. The molecule has 256 valence electrons. The van der Waals surface area contributed by atoms with Crippen LogP contribution in [0.2, 0.25) is 0 Å². The van der Waals surface area contributed by atoms with Gasteiger partial charge < -0.3 is 30.3 Å². The van der Waals surface area contributed by atoms with Gasteiger partial charge in [-0.25, -0.2) is 4.79 Å². The number of carbonyl (C=O) groups excluding carboxylic acids is 2. The van der Waals surface area contributed by atoms with E-state index in [1.54, 1.807) is 0 Å². The average Bonchev–Trinajstić information content (AvgIpc) is 3.37. The van der Waals surface area contributed by atoms with E-state index in [-0.39, 0.29) is 61.7 Å². The van der Waals surface area contributed by atoms with Crippen LogP contribution in [0.15, 0.2) is 17.3 Å². The first kappa shape index (κ1) is 36.1. The standard InChI is InChI=1S/C35H55N5O6/c1-5-8-30(39-33(44)46-20-19-45-18-17-37-40-36)38-31(43)10-7-6-9-23(2)26-11-12-27-32-28(14-16-35(26,27)4)34(3)15-13-25(41)21-24(34)22-29(32)42/h1,7,10,23-30,32,41-42H,6,8-9,11-22H2,2-4H3,(H,38,43)(H,39,44)/b10-7+. The molecular weight excluding hydrogens is 586 g/mol. The maximum atomic E-state index is 12.6. The maximum absolute atomic E-state index is 12.6. The molecule has 0 radical (unpaired) electrons. The van der Waals surface area contributed by atoms with Crippen molar-refractivity contribution in [2.24, 2.45) is 51.5 Å². The summed E-state index contributed by atoms with van der Waals surface area (Å²) in [6, 6.07) is 0. The van der Waals surface area contributed by atoms with Crippen LogP contribution in [0.1, 0.15) is 91.4 Å². The molecule has 0 aliphatic heterocycles. The van der Waals surface area contributed by atoms with Gasteiger partial charge >= 0.3 is 6.09 Å². The smallest absolute Gasteiger partial charge is 0.408 e. The summed E-state index contributed by atoms with van der Waals surface area (Å²) in [5, 5.41) is 30.5. The van der Waals surface area contributed by atoms with Gasteiger partial charge in [0.1, 0.15) is 12.8 Å². The number of carbonyl (C=O) groups is 2. The number of rotatable bonds is 14. The Balaban J connectivity index is 1.22. The van der Waals surface area contributed by atoms with E-state index in [4.69, 9.17) is 21.4 Å². The summed E-state index contributed by atoms with van der Waals surface area (Å²) < 4.78 is 10.2. The third-order valence-electron chi connectivity index (χ3n) is 12.3. The third kappa shape index (κ3) is 8.38. The minimum Gasteiger partial charge on any atom is -0.447 e. The number of alkyl carbamates (subject to hydrolysis) is 1. The molecule has 0 heterocycles. The van der Waals surface area contributed by atoms with E-state index in [9.17, 15) is 19.8 Å². The predicted molar refractivity (Wildman–Crippen MR) is 175 cm³/mol. The number of fused-ring (bicyclic) bond motifs is 5. The van der Waals surface area contributed by atoms with Gasteiger partial charge in [-0.3, -0.25) is 4.79 Å². The van der Waals surface area contributed by atoms with Gasteiger partial charge in [-0.2, -0.15) is 0 Å². The first-order valence-electron chi connectivity index (χ1n) is 17.3.